The summed E-state index contributed by atoms with van der Waals surface area (Å²) in [5, 5.41) is 3.04. The van der Waals surface area contributed by atoms with Gasteiger partial charge in [0.2, 0.25) is 5.91 Å². The first-order chi connectivity index (χ1) is 11.2. The van der Waals surface area contributed by atoms with E-state index >= 15 is 0 Å². The number of hydrogen-bond donors (Lipinski definition) is 1. The minimum Gasteiger partial charge on any atom is -0.493 e. The van der Waals surface area contributed by atoms with Crippen molar-refractivity contribution in [3.05, 3.63) is 23.8 Å². The molecule has 1 unspecified atom stereocenters. The summed E-state index contributed by atoms with van der Waals surface area (Å²) < 4.78 is 10.8. The number of ether oxygens (including phenoxy) is 2. The second kappa shape index (κ2) is 8.77. The number of likely N-dealkylation sites (tertiary alicyclic amines) is 1. The van der Waals surface area contributed by atoms with Crippen LogP contribution in [0.3, 0.4) is 0 Å². The van der Waals surface area contributed by atoms with Gasteiger partial charge in [-0.15, -0.1) is 0 Å². The molecule has 5 nitrogen and oxygen atoms in total. The first-order valence-electron chi connectivity index (χ1n) is 8.42. The highest BCUT2D eigenvalue weighted by atomic mass is 16.5. The molecule has 23 heavy (non-hydrogen) atoms. The SMILES string of the molecule is CCC(=O)NCC(c1ccc(OC)c(OC)c1)N1CCCCC1. The van der Waals surface area contributed by atoms with Crippen LogP contribution in [0.5, 0.6) is 11.5 Å². The lowest BCUT2D eigenvalue weighted by Crippen LogP contribution is -2.40. The van der Waals surface area contributed by atoms with Crippen LogP contribution in [0.15, 0.2) is 18.2 Å². The highest BCUT2D eigenvalue weighted by molar-refractivity contribution is 5.75. The zero-order valence-corrected chi connectivity index (χ0v) is 14.4. The van der Waals surface area contributed by atoms with E-state index < -0.39 is 0 Å². The van der Waals surface area contributed by atoms with Crippen LogP contribution >= 0.6 is 0 Å². The molecule has 0 radical (unpaired) electrons. The Labute approximate surface area is 139 Å². The fraction of sp³-hybridized carbons (Fsp3) is 0.611. The van der Waals surface area contributed by atoms with Crippen LogP contribution in [-0.2, 0) is 4.79 Å². The van der Waals surface area contributed by atoms with Gasteiger partial charge < -0.3 is 14.8 Å². The molecule has 1 fully saturated rings. The Morgan fingerprint density at radius 1 is 1.17 bits per heavy atom. The minimum absolute atomic E-state index is 0.0903. The largest absolute Gasteiger partial charge is 0.493 e. The molecule has 5 heteroatoms. The van der Waals surface area contributed by atoms with Gasteiger partial charge in [0.1, 0.15) is 0 Å². The smallest absolute Gasteiger partial charge is 0.219 e. The summed E-state index contributed by atoms with van der Waals surface area (Å²) in [6.07, 6.45) is 4.23. The monoisotopic (exact) mass is 320 g/mol. The molecule has 0 saturated carbocycles. The number of amides is 1. The molecular weight excluding hydrogens is 292 g/mol. The first kappa shape index (κ1) is 17.6. The van der Waals surface area contributed by atoms with Crippen molar-refractivity contribution in [2.24, 2.45) is 0 Å². The van der Waals surface area contributed by atoms with E-state index in [2.05, 4.69) is 16.3 Å². The Hall–Kier alpha value is -1.75. The Balaban J connectivity index is 2.22. The molecule has 1 heterocycles. The predicted molar refractivity (Wildman–Crippen MR) is 91.0 cm³/mol. The van der Waals surface area contributed by atoms with E-state index in [1.807, 2.05) is 19.1 Å². The molecule has 1 aliphatic heterocycles. The van der Waals surface area contributed by atoms with E-state index in [1.165, 1.54) is 19.3 Å². The Morgan fingerprint density at radius 2 is 1.87 bits per heavy atom. The molecule has 2 rings (SSSR count). The lowest BCUT2D eigenvalue weighted by Gasteiger charge is -2.35. The Bertz CT molecular complexity index is 513. The highest BCUT2D eigenvalue weighted by Crippen LogP contribution is 2.32. The van der Waals surface area contributed by atoms with E-state index in [0.717, 1.165) is 30.2 Å². The quantitative estimate of drug-likeness (QED) is 0.839. The van der Waals surface area contributed by atoms with E-state index in [-0.39, 0.29) is 11.9 Å². The molecule has 1 saturated heterocycles. The van der Waals surface area contributed by atoms with Crippen LogP contribution in [0.25, 0.3) is 0 Å². The molecule has 1 amide bonds. The van der Waals surface area contributed by atoms with Crippen molar-refractivity contribution in [1.29, 1.82) is 0 Å². The van der Waals surface area contributed by atoms with Crippen LogP contribution in [-0.4, -0.2) is 44.7 Å². The average Bonchev–Trinajstić information content (AvgIpc) is 2.62. The normalized spacial score (nSPS) is 16.7. The lowest BCUT2D eigenvalue weighted by molar-refractivity contribution is -0.121. The fourth-order valence-corrected chi connectivity index (χ4v) is 3.08. The van der Waals surface area contributed by atoms with Crippen molar-refractivity contribution >= 4 is 5.91 Å². The van der Waals surface area contributed by atoms with Gasteiger partial charge in [-0.2, -0.15) is 0 Å². The van der Waals surface area contributed by atoms with Gasteiger partial charge in [-0.25, -0.2) is 0 Å². The number of nitrogens with zero attached hydrogens (tertiary/aromatic N) is 1. The number of carbonyl (C=O) groups is 1. The zero-order valence-electron chi connectivity index (χ0n) is 14.4. The van der Waals surface area contributed by atoms with Gasteiger partial charge in [0.15, 0.2) is 11.5 Å². The molecule has 1 N–H and O–H groups in total. The molecule has 0 aromatic heterocycles. The second-order valence-electron chi connectivity index (χ2n) is 5.88. The molecule has 1 atom stereocenters. The first-order valence-corrected chi connectivity index (χ1v) is 8.42. The molecule has 1 aromatic rings. The maximum Gasteiger partial charge on any atom is 0.219 e. The Kier molecular flexibility index (Phi) is 6.71. The maximum absolute atomic E-state index is 11.7. The van der Waals surface area contributed by atoms with Crippen molar-refractivity contribution in [3.8, 4) is 11.5 Å². The average molecular weight is 320 g/mol. The Morgan fingerprint density at radius 3 is 2.48 bits per heavy atom. The predicted octanol–water partition coefficient (Wildman–Crippen LogP) is 2.76. The third-order valence-corrected chi connectivity index (χ3v) is 4.44. The highest BCUT2D eigenvalue weighted by Gasteiger charge is 2.23. The van der Waals surface area contributed by atoms with Crippen LogP contribution in [0.1, 0.15) is 44.2 Å². The maximum atomic E-state index is 11.7. The number of methoxy groups -OCH3 is 2. The molecule has 0 aliphatic carbocycles. The summed E-state index contributed by atoms with van der Waals surface area (Å²) in [6, 6.07) is 6.20. The van der Waals surface area contributed by atoms with Crippen molar-refractivity contribution < 1.29 is 14.3 Å². The number of hydrogen-bond acceptors (Lipinski definition) is 4. The molecule has 0 bridgehead atoms. The van der Waals surface area contributed by atoms with Gasteiger partial charge in [0, 0.05) is 13.0 Å². The van der Waals surface area contributed by atoms with Crippen LogP contribution in [0.4, 0.5) is 0 Å². The van der Waals surface area contributed by atoms with Crippen molar-refractivity contribution in [3.63, 3.8) is 0 Å². The summed E-state index contributed by atoms with van der Waals surface area (Å²) in [6.45, 7) is 4.64. The van der Waals surface area contributed by atoms with Gasteiger partial charge in [-0.05, 0) is 43.6 Å². The summed E-state index contributed by atoms with van der Waals surface area (Å²) in [5.41, 5.74) is 1.15. The topological polar surface area (TPSA) is 50.8 Å². The van der Waals surface area contributed by atoms with Gasteiger partial charge in [0.05, 0.1) is 20.3 Å². The zero-order chi connectivity index (χ0) is 16.7. The van der Waals surface area contributed by atoms with Crippen LogP contribution < -0.4 is 14.8 Å². The van der Waals surface area contributed by atoms with Gasteiger partial charge in [0.25, 0.3) is 0 Å². The van der Waals surface area contributed by atoms with E-state index in [1.54, 1.807) is 14.2 Å². The van der Waals surface area contributed by atoms with Crippen LogP contribution in [0, 0.1) is 0 Å². The fourth-order valence-electron chi connectivity index (χ4n) is 3.08. The number of rotatable bonds is 7. The van der Waals surface area contributed by atoms with E-state index in [4.69, 9.17) is 9.47 Å². The third-order valence-electron chi connectivity index (χ3n) is 4.44. The number of nitrogens with one attached hydrogen (secondary N) is 1. The number of benzene rings is 1. The molecular formula is C18H28N2O3. The number of piperidine rings is 1. The standard InChI is InChI=1S/C18H28N2O3/c1-4-18(21)19-13-15(20-10-6-5-7-11-20)14-8-9-16(22-2)17(12-14)23-3/h8-9,12,15H,4-7,10-11,13H2,1-3H3,(H,19,21). The van der Waals surface area contributed by atoms with Gasteiger partial charge in [-0.3, -0.25) is 9.69 Å². The minimum atomic E-state index is 0.0903. The number of carbonyl (C=O) groups excluding carboxylic acids is 1. The molecule has 128 valence electrons. The third kappa shape index (κ3) is 4.61. The van der Waals surface area contributed by atoms with Crippen molar-refractivity contribution in [2.75, 3.05) is 33.9 Å². The molecule has 1 aromatic carbocycles. The summed E-state index contributed by atoms with van der Waals surface area (Å²) in [5.74, 6) is 1.55. The summed E-state index contributed by atoms with van der Waals surface area (Å²) in [7, 11) is 3.29. The van der Waals surface area contributed by atoms with Crippen molar-refractivity contribution in [1.82, 2.24) is 10.2 Å². The van der Waals surface area contributed by atoms with Gasteiger partial charge >= 0.3 is 0 Å². The summed E-state index contributed by atoms with van der Waals surface area (Å²) >= 11 is 0. The van der Waals surface area contributed by atoms with E-state index in [9.17, 15) is 4.79 Å². The second-order valence-corrected chi connectivity index (χ2v) is 5.88. The lowest BCUT2D eigenvalue weighted by atomic mass is 10.0. The van der Waals surface area contributed by atoms with E-state index in [0.29, 0.717) is 13.0 Å². The van der Waals surface area contributed by atoms with Crippen LogP contribution in [0.2, 0.25) is 0 Å². The molecule has 1 aliphatic rings. The summed E-state index contributed by atoms with van der Waals surface area (Å²) in [4.78, 5) is 14.1. The van der Waals surface area contributed by atoms with Gasteiger partial charge in [-0.1, -0.05) is 19.4 Å². The molecule has 0 spiro atoms. The van der Waals surface area contributed by atoms with Crippen molar-refractivity contribution in [2.45, 2.75) is 38.6 Å².